The average molecular weight is 308 g/mol. The first-order valence-electron chi connectivity index (χ1n) is 7.27. The third kappa shape index (κ3) is 3.40. The van der Waals surface area contributed by atoms with Crippen LogP contribution >= 0.6 is 0 Å². The summed E-state index contributed by atoms with van der Waals surface area (Å²) in [6.07, 6.45) is 8.00. The van der Waals surface area contributed by atoms with E-state index in [-0.39, 0.29) is 17.9 Å². The lowest BCUT2D eigenvalue weighted by atomic mass is 10.2. The molecule has 1 fully saturated rings. The Morgan fingerprint density at radius 1 is 1.41 bits per heavy atom. The first kappa shape index (κ1) is 16.3. The molecule has 8 nitrogen and oxygen atoms in total. The van der Waals surface area contributed by atoms with Gasteiger partial charge in [-0.15, -0.1) is 0 Å². The highest BCUT2D eigenvalue weighted by Crippen LogP contribution is 2.29. The van der Waals surface area contributed by atoms with E-state index in [0.717, 1.165) is 25.9 Å². The molecule has 1 aliphatic rings. The van der Waals surface area contributed by atoms with E-state index in [4.69, 9.17) is 14.4 Å². The molecule has 3 rings (SSSR count). The second kappa shape index (κ2) is 7.81. The molecule has 0 radical (unpaired) electrons. The van der Waals surface area contributed by atoms with Gasteiger partial charge in [0, 0.05) is 31.3 Å². The van der Waals surface area contributed by atoms with E-state index in [9.17, 15) is 4.79 Å². The fraction of sp³-hybridized carbons (Fsp3) is 0.571. The van der Waals surface area contributed by atoms with Crippen LogP contribution in [0.25, 0.3) is 5.78 Å². The van der Waals surface area contributed by atoms with Crippen LogP contribution in [0.2, 0.25) is 0 Å². The van der Waals surface area contributed by atoms with Crippen molar-refractivity contribution in [3.63, 3.8) is 0 Å². The molecular weight excluding hydrogens is 288 g/mol. The lowest BCUT2D eigenvalue weighted by molar-refractivity contribution is -0.0400. The number of nitrogens with zero attached hydrogens (tertiary/aromatic N) is 3. The number of ether oxygens (including phenoxy) is 2. The van der Waals surface area contributed by atoms with Crippen LogP contribution in [0.3, 0.4) is 0 Å². The predicted octanol–water partition coefficient (Wildman–Crippen LogP) is 1.93. The molecule has 0 saturated carbocycles. The molecule has 1 N–H and O–H groups in total. The number of hydrogen-bond acceptors (Lipinski definition) is 6. The first-order valence-corrected chi connectivity index (χ1v) is 7.27. The second-order valence-corrected chi connectivity index (χ2v) is 5.02. The van der Waals surface area contributed by atoms with Gasteiger partial charge in [-0.2, -0.15) is 4.91 Å². The van der Waals surface area contributed by atoms with E-state index in [2.05, 4.69) is 17.5 Å². The van der Waals surface area contributed by atoms with Crippen LogP contribution in [0.5, 0.6) is 0 Å². The van der Waals surface area contributed by atoms with Crippen LogP contribution in [-0.2, 0) is 9.47 Å². The van der Waals surface area contributed by atoms with Crippen LogP contribution in [0.15, 0.2) is 29.5 Å². The smallest absolute Gasteiger partial charge is 0.258 e. The zero-order valence-corrected chi connectivity index (χ0v) is 12.5. The van der Waals surface area contributed by atoms with Crippen molar-refractivity contribution in [2.24, 2.45) is 0 Å². The molecule has 1 saturated heterocycles. The molecule has 0 spiro atoms. The Labute approximate surface area is 127 Å². The summed E-state index contributed by atoms with van der Waals surface area (Å²) in [7, 11) is 0. The van der Waals surface area contributed by atoms with Crippen LogP contribution in [-0.4, -0.2) is 33.3 Å². The van der Waals surface area contributed by atoms with Crippen LogP contribution in [0.1, 0.15) is 32.4 Å². The van der Waals surface area contributed by atoms with E-state index in [1.807, 2.05) is 4.57 Å². The molecule has 1 aliphatic heterocycles. The normalized spacial score (nSPS) is 20.8. The zero-order valence-electron chi connectivity index (χ0n) is 12.5. The maximum Gasteiger partial charge on any atom is 0.258 e. The molecule has 22 heavy (non-hydrogen) atoms. The minimum Gasteiger partial charge on any atom is -0.379 e. The molecule has 0 bridgehead atoms. The molecule has 2 atom stereocenters. The highest BCUT2D eigenvalue weighted by molar-refractivity contribution is 5.29. The molecule has 3 heterocycles. The van der Waals surface area contributed by atoms with Crippen molar-refractivity contribution in [2.75, 3.05) is 13.2 Å². The molecule has 2 aromatic heterocycles. The van der Waals surface area contributed by atoms with E-state index in [1.165, 1.54) is 4.40 Å². The van der Waals surface area contributed by atoms with Gasteiger partial charge < -0.3 is 9.47 Å². The average Bonchev–Trinajstić information content (AvgIpc) is 3.20. The molecule has 0 amide bonds. The summed E-state index contributed by atoms with van der Waals surface area (Å²) in [6.45, 7) is 3.50. The molecule has 0 aromatic carbocycles. The molecule has 120 valence electrons. The van der Waals surface area contributed by atoms with Gasteiger partial charge in [0.1, 0.15) is 6.23 Å². The van der Waals surface area contributed by atoms with Gasteiger partial charge in [0.15, 0.2) is 0 Å². The van der Waals surface area contributed by atoms with Crippen molar-refractivity contribution < 1.29 is 9.47 Å². The van der Waals surface area contributed by atoms with Crippen LogP contribution in [0, 0.1) is 10.5 Å². The van der Waals surface area contributed by atoms with E-state index in [1.54, 1.807) is 24.7 Å². The Hall–Kier alpha value is -2.06. The van der Waals surface area contributed by atoms with Gasteiger partial charge in [-0.25, -0.2) is 4.98 Å². The summed E-state index contributed by atoms with van der Waals surface area (Å²) in [4.78, 5) is 23.4. The third-order valence-electron chi connectivity index (χ3n) is 3.51. The van der Waals surface area contributed by atoms with E-state index < -0.39 is 0 Å². The van der Waals surface area contributed by atoms with Crippen molar-refractivity contribution in [1.82, 2.24) is 14.0 Å². The van der Waals surface area contributed by atoms with Crippen molar-refractivity contribution >= 4 is 5.78 Å². The van der Waals surface area contributed by atoms with Crippen molar-refractivity contribution in [3.05, 3.63) is 39.9 Å². The summed E-state index contributed by atoms with van der Waals surface area (Å²) in [6, 6.07) is 1.54. The SMILES string of the molecule is CCCOCC1CCC(n2ccc(=O)n3ccnc23)O1.N=O. The first-order chi connectivity index (χ1) is 10.8. The van der Waals surface area contributed by atoms with Gasteiger partial charge in [-0.1, -0.05) is 12.5 Å². The van der Waals surface area contributed by atoms with Gasteiger partial charge in [0.2, 0.25) is 5.78 Å². The topological polar surface area (TPSA) is 98.7 Å². The second-order valence-electron chi connectivity index (χ2n) is 5.02. The number of rotatable bonds is 5. The van der Waals surface area contributed by atoms with Gasteiger partial charge in [0.25, 0.3) is 5.56 Å². The highest BCUT2D eigenvalue weighted by Gasteiger charge is 2.27. The van der Waals surface area contributed by atoms with Crippen molar-refractivity contribution in [3.8, 4) is 0 Å². The number of hydrogen-bond donors (Lipinski definition) is 1. The van der Waals surface area contributed by atoms with Gasteiger partial charge in [0.05, 0.1) is 12.7 Å². The molecular formula is C14H20N4O4. The number of nitroso groups, excluding NO2 is 1. The number of nitrogens with one attached hydrogen (secondary N) is 1. The minimum atomic E-state index is -0.0745. The standard InChI is InChI=1S/C14H19N3O3.HNO/c1-2-9-19-10-11-3-4-13(20-11)17-7-5-12(18)16-8-6-15-14(16)17;1-2/h5-8,11,13H,2-4,9-10H2,1H3;1H. The minimum absolute atomic E-state index is 0.0734. The lowest BCUT2D eigenvalue weighted by Gasteiger charge is -2.17. The maximum absolute atomic E-state index is 11.7. The fourth-order valence-electron chi connectivity index (χ4n) is 2.55. The number of imidazole rings is 1. The van der Waals surface area contributed by atoms with Gasteiger partial charge in [-0.3, -0.25) is 13.8 Å². The molecule has 2 aromatic rings. The monoisotopic (exact) mass is 308 g/mol. The predicted molar refractivity (Wildman–Crippen MR) is 79.8 cm³/mol. The third-order valence-corrected chi connectivity index (χ3v) is 3.51. The van der Waals surface area contributed by atoms with Crippen LogP contribution < -0.4 is 5.56 Å². The summed E-state index contributed by atoms with van der Waals surface area (Å²) in [5.41, 5.74) is 4.43. The van der Waals surface area contributed by atoms with E-state index >= 15 is 0 Å². The fourth-order valence-corrected chi connectivity index (χ4v) is 2.55. The van der Waals surface area contributed by atoms with Crippen molar-refractivity contribution in [2.45, 2.75) is 38.5 Å². The van der Waals surface area contributed by atoms with Gasteiger partial charge in [-0.05, 0) is 19.3 Å². The maximum atomic E-state index is 11.7. The molecule has 8 heteroatoms. The Morgan fingerprint density at radius 2 is 2.23 bits per heavy atom. The Balaban J connectivity index is 0.000000847. The summed E-state index contributed by atoms with van der Waals surface area (Å²) in [5.74, 6) is 0.623. The summed E-state index contributed by atoms with van der Waals surface area (Å²) in [5, 5.41) is 0. The number of fused-ring (bicyclic) bond motifs is 1. The van der Waals surface area contributed by atoms with Crippen LogP contribution in [0.4, 0.5) is 0 Å². The largest absolute Gasteiger partial charge is 0.379 e. The zero-order chi connectivity index (χ0) is 15.9. The van der Waals surface area contributed by atoms with Gasteiger partial charge >= 0.3 is 0 Å². The van der Waals surface area contributed by atoms with Crippen molar-refractivity contribution in [1.29, 1.82) is 5.59 Å². The van der Waals surface area contributed by atoms with E-state index in [0.29, 0.717) is 12.4 Å². The number of aromatic nitrogens is 3. The Kier molecular flexibility index (Phi) is 5.79. The highest BCUT2D eigenvalue weighted by atomic mass is 16.5. The quantitative estimate of drug-likeness (QED) is 0.672. The Bertz CT molecular complexity index is 654. The molecule has 2 unspecified atom stereocenters. The summed E-state index contributed by atoms with van der Waals surface area (Å²) < 4.78 is 15.0. The summed E-state index contributed by atoms with van der Waals surface area (Å²) >= 11 is 0. The Morgan fingerprint density at radius 3 is 3.00 bits per heavy atom. The lowest BCUT2D eigenvalue weighted by Crippen LogP contribution is -2.21. The molecule has 0 aliphatic carbocycles.